The molecule has 1 N–H and O–H groups in total. The van der Waals surface area contributed by atoms with Crippen molar-refractivity contribution in [3.05, 3.63) is 62.7 Å². The van der Waals surface area contributed by atoms with Crippen molar-refractivity contribution in [2.45, 2.75) is 25.6 Å². The van der Waals surface area contributed by atoms with E-state index in [0.29, 0.717) is 17.2 Å². The Labute approximate surface area is 165 Å². The third kappa shape index (κ3) is 4.31. The molecule has 0 aliphatic heterocycles. The molecule has 0 fully saturated rings. The summed E-state index contributed by atoms with van der Waals surface area (Å²) in [6, 6.07) is 13.3. The molecule has 0 aliphatic rings. The lowest BCUT2D eigenvalue weighted by Crippen LogP contribution is -2.15. The highest BCUT2D eigenvalue weighted by atomic mass is 35.5. The van der Waals surface area contributed by atoms with Crippen molar-refractivity contribution < 1.29 is 4.79 Å². The number of hydrogen-bond donors (Lipinski definition) is 1. The van der Waals surface area contributed by atoms with Crippen LogP contribution in [0.15, 0.2) is 47.3 Å². The summed E-state index contributed by atoms with van der Waals surface area (Å²) < 4.78 is 2.65. The smallest absolute Gasteiger partial charge is 0.308 e. The van der Waals surface area contributed by atoms with Crippen molar-refractivity contribution in [1.29, 1.82) is 0 Å². The van der Waals surface area contributed by atoms with Crippen LogP contribution in [0.3, 0.4) is 0 Å². The highest BCUT2D eigenvalue weighted by molar-refractivity contribution is 7.99. The molecule has 26 heavy (non-hydrogen) atoms. The Balaban J connectivity index is 1.62. The van der Waals surface area contributed by atoms with Gasteiger partial charge >= 0.3 is 4.87 Å². The molecular weight excluding hydrogens is 388 g/mol. The van der Waals surface area contributed by atoms with Gasteiger partial charge in [-0.25, -0.2) is 0 Å². The van der Waals surface area contributed by atoms with Crippen LogP contribution in [0.1, 0.15) is 25.5 Å². The highest BCUT2D eigenvalue weighted by Gasteiger charge is 2.11. The molecule has 0 saturated heterocycles. The Morgan fingerprint density at radius 3 is 2.77 bits per heavy atom. The van der Waals surface area contributed by atoms with Gasteiger partial charge in [0.1, 0.15) is 0 Å². The van der Waals surface area contributed by atoms with Gasteiger partial charge in [0, 0.05) is 22.5 Å². The number of hydrogen-bond acceptors (Lipinski definition) is 4. The lowest BCUT2D eigenvalue weighted by atomic mass is 10.2. The van der Waals surface area contributed by atoms with Crippen LogP contribution in [0.5, 0.6) is 0 Å². The zero-order valence-corrected chi connectivity index (χ0v) is 16.9. The van der Waals surface area contributed by atoms with Crippen LogP contribution < -0.4 is 10.2 Å². The van der Waals surface area contributed by atoms with Gasteiger partial charge in [0.25, 0.3) is 0 Å². The van der Waals surface area contributed by atoms with E-state index < -0.39 is 0 Å². The molecule has 3 aromatic rings. The second kappa shape index (κ2) is 8.29. The summed E-state index contributed by atoms with van der Waals surface area (Å²) in [6.07, 6.45) is 0. The van der Waals surface area contributed by atoms with Gasteiger partial charge in [-0.2, -0.15) is 0 Å². The van der Waals surface area contributed by atoms with Gasteiger partial charge in [0.2, 0.25) is 5.91 Å². The van der Waals surface area contributed by atoms with Crippen LogP contribution in [0, 0.1) is 0 Å². The quantitative estimate of drug-likeness (QED) is 0.614. The van der Waals surface area contributed by atoms with Gasteiger partial charge in [-0.1, -0.05) is 41.1 Å². The van der Waals surface area contributed by atoms with E-state index in [4.69, 9.17) is 11.6 Å². The maximum Gasteiger partial charge on any atom is 0.308 e. The summed E-state index contributed by atoms with van der Waals surface area (Å²) in [7, 11) is 0. The Morgan fingerprint density at radius 2 is 2.04 bits per heavy atom. The molecule has 0 unspecified atom stereocenters. The van der Waals surface area contributed by atoms with Gasteiger partial charge < -0.3 is 5.32 Å². The summed E-state index contributed by atoms with van der Waals surface area (Å²) in [5, 5.41) is 3.61. The molecular formula is C19H19ClN2O2S2. The third-order valence-electron chi connectivity index (χ3n) is 3.86. The Morgan fingerprint density at radius 1 is 1.27 bits per heavy atom. The predicted molar refractivity (Wildman–Crippen MR) is 113 cm³/mol. The zero-order chi connectivity index (χ0) is 18.7. The molecule has 1 aromatic heterocycles. The van der Waals surface area contributed by atoms with Gasteiger partial charge in [0.05, 0.1) is 16.0 Å². The van der Waals surface area contributed by atoms with E-state index in [9.17, 15) is 9.59 Å². The fourth-order valence-corrected chi connectivity index (χ4v) is 4.83. The van der Waals surface area contributed by atoms with E-state index in [1.165, 1.54) is 23.1 Å². The van der Waals surface area contributed by atoms with Crippen molar-refractivity contribution >= 4 is 56.5 Å². The Hall–Kier alpha value is -1.76. The van der Waals surface area contributed by atoms with Crippen LogP contribution in [-0.2, 0) is 10.5 Å². The number of anilines is 1. The number of carbonyl (C=O) groups excluding carboxylic acids is 1. The summed E-state index contributed by atoms with van der Waals surface area (Å²) in [5.41, 5.74) is 2.63. The van der Waals surface area contributed by atoms with Crippen LogP contribution in [-0.4, -0.2) is 16.2 Å². The van der Waals surface area contributed by atoms with Crippen LogP contribution >= 0.6 is 34.7 Å². The Kier molecular flexibility index (Phi) is 6.06. The maximum absolute atomic E-state index is 12.2. The van der Waals surface area contributed by atoms with Crippen molar-refractivity contribution in [2.24, 2.45) is 0 Å². The number of thiazole rings is 1. The van der Waals surface area contributed by atoms with Gasteiger partial charge in [-0.3, -0.25) is 14.2 Å². The maximum atomic E-state index is 12.2. The molecule has 136 valence electrons. The fraction of sp³-hybridized carbons (Fsp3) is 0.263. The van der Waals surface area contributed by atoms with Gasteiger partial charge in [0.15, 0.2) is 0 Å². The van der Waals surface area contributed by atoms with Crippen molar-refractivity contribution in [3.63, 3.8) is 0 Å². The average molecular weight is 407 g/mol. The van der Waals surface area contributed by atoms with Crippen molar-refractivity contribution in [3.8, 4) is 0 Å². The van der Waals surface area contributed by atoms with E-state index >= 15 is 0 Å². The van der Waals surface area contributed by atoms with Gasteiger partial charge in [-0.05, 0) is 43.7 Å². The minimum Gasteiger partial charge on any atom is -0.325 e. The average Bonchev–Trinajstić information content (AvgIpc) is 2.91. The number of benzene rings is 2. The summed E-state index contributed by atoms with van der Waals surface area (Å²) in [5.74, 6) is 0.953. The molecule has 2 aromatic carbocycles. The molecule has 0 radical (unpaired) electrons. The van der Waals surface area contributed by atoms with Gasteiger partial charge in [-0.15, -0.1) is 11.8 Å². The number of aromatic nitrogens is 1. The van der Waals surface area contributed by atoms with Crippen LogP contribution in [0.25, 0.3) is 10.2 Å². The molecule has 0 saturated carbocycles. The fourth-order valence-electron chi connectivity index (χ4n) is 2.67. The van der Waals surface area contributed by atoms with Crippen molar-refractivity contribution in [2.75, 3.05) is 11.1 Å². The third-order valence-corrected chi connectivity index (χ3v) is 6.13. The number of halogens is 1. The van der Waals surface area contributed by atoms with Crippen molar-refractivity contribution in [1.82, 2.24) is 4.57 Å². The number of fused-ring (bicyclic) bond motifs is 1. The standard InChI is InChI=1S/C19H19ClN2O2S2/c1-12(2)22-16-8-7-14(9-17(16)26-19(22)24)21-18(23)11-25-10-13-5-3-4-6-15(13)20/h3-9,12H,10-11H2,1-2H3,(H,21,23). The molecule has 1 amide bonds. The number of nitrogens with zero attached hydrogens (tertiary/aromatic N) is 1. The summed E-state index contributed by atoms with van der Waals surface area (Å²) in [6.45, 7) is 3.97. The summed E-state index contributed by atoms with van der Waals surface area (Å²) >= 11 is 8.84. The zero-order valence-electron chi connectivity index (χ0n) is 14.5. The van der Waals surface area contributed by atoms with Crippen LogP contribution in [0.2, 0.25) is 5.02 Å². The molecule has 3 rings (SSSR count). The van der Waals surface area contributed by atoms with E-state index in [-0.39, 0.29) is 16.8 Å². The predicted octanol–water partition coefficient (Wildman–Crippen LogP) is 5.17. The van der Waals surface area contributed by atoms with E-state index in [2.05, 4.69) is 5.32 Å². The second-order valence-corrected chi connectivity index (χ2v) is 8.53. The van der Waals surface area contributed by atoms with Crippen LogP contribution in [0.4, 0.5) is 5.69 Å². The SMILES string of the molecule is CC(C)n1c(=O)sc2cc(NC(=O)CSCc3ccccc3Cl)ccc21. The summed E-state index contributed by atoms with van der Waals surface area (Å²) in [4.78, 5) is 24.3. The molecule has 1 heterocycles. The number of carbonyl (C=O) groups is 1. The Bertz CT molecular complexity index is 995. The monoisotopic (exact) mass is 406 g/mol. The number of thioether (sulfide) groups is 1. The molecule has 4 nitrogen and oxygen atoms in total. The lowest BCUT2D eigenvalue weighted by Gasteiger charge is -2.09. The minimum absolute atomic E-state index is 0.0220. The number of rotatable bonds is 6. The number of nitrogens with one attached hydrogen (secondary N) is 1. The largest absolute Gasteiger partial charge is 0.325 e. The first-order valence-electron chi connectivity index (χ1n) is 8.22. The molecule has 0 bridgehead atoms. The van der Waals surface area contributed by atoms with E-state index in [1.54, 1.807) is 4.57 Å². The second-order valence-electron chi connectivity index (χ2n) is 6.15. The van der Waals surface area contributed by atoms with E-state index in [0.717, 1.165) is 20.8 Å². The minimum atomic E-state index is -0.0722. The first kappa shape index (κ1) is 19.0. The lowest BCUT2D eigenvalue weighted by molar-refractivity contribution is -0.113. The molecule has 0 spiro atoms. The molecule has 7 heteroatoms. The topological polar surface area (TPSA) is 51.1 Å². The van der Waals surface area contributed by atoms with E-state index in [1.807, 2.05) is 56.3 Å². The first-order chi connectivity index (χ1) is 12.5. The molecule has 0 aliphatic carbocycles. The molecule has 0 atom stereocenters. The first-order valence-corrected chi connectivity index (χ1v) is 10.6. The normalized spacial score (nSPS) is 11.2. The highest BCUT2D eigenvalue weighted by Crippen LogP contribution is 2.25. The number of amides is 1.